The molecule has 3 N–H and O–H groups in total. The van der Waals surface area contributed by atoms with Gasteiger partial charge in [-0.3, -0.25) is 0 Å². The average molecular weight is 446 g/mol. The second-order valence-corrected chi connectivity index (χ2v) is 8.90. The van der Waals surface area contributed by atoms with Crippen molar-refractivity contribution >= 4 is 27.4 Å². The summed E-state index contributed by atoms with van der Waals surface area (Å²) in [6.45, 7) is 9.20. The van der Waals surface area contributed by atoms with Crippen molar-refractivity contribution in [3.8, 4) is 0 Å². The van der Waals surface area contributed by atoms with Gasteiger partial charge in [0.1, 0.15) is 17.0 Å². The third-order valence-electron chi connectivity index (χ3n) is 4.84. The number of hydrogen-bond acceptors (Lipinski definition) is 6. The van der Waals surface area contributed by atoms with E-state index in [0.29, 0.717) is 9.71 Å². The molecule has 0 radical (unpaired) electrons. The maximum absolute atomic E-state index is 12.5. The molecule has 2 saturated heterocycles. The average Bonchev–Trinajstić information content (AvgIpc) is 2.85. The first kappa shape index (κ1) is 24.8. The molecule has 0 unspecified atom stereocenters. The molecule has 2 aromatic heterocycles. The molecule has 0 amide bonds. The molecule has 9 heteroatoms. The molecule has 4 rings (SSSR count). The molecule has 0 saturated carbocycles. The Bertz CT molecular complexity index is 735. The van der Waals surface area contributed by atoms with Gasteiger partial charge in [0.25, 0.3) is 0 Å². The highest BCUT2D eigenvalue weighted by molar-refractivity contribution is 7.18. The van der Waals surface area contributed by atoms with Crippen LogP contribution in [0.2, 0.25) is 0 Å². The van der Waals surface area contributed by atoms with E-state index in [-0.39, 0.29) is 0 Å². The minimum Gasteiger partial charge on any atom is -0.356 e. The van der Waals surface area contributed by atoms with E-state index < -0.39 is 12.6 Å². The smallest absolute Gasteiger partial charge is 0.356 e. The van der Waals surface area contributed by atoms with E-state index in [9.17, 15) is 13.2 Å². The SMILES string of the molecule is CCC.FC(F)(F)Cc1cc2c(N3CCCCCC3)ncnc2s1.NCC1CNC1. The van der Waals surface area contributed by atoms with Gasteiger partial charge in [-0.25, -0.2) is 9.97 Å². The van der Waals surface area contributed by atoms with E-state index in [1.807, 2.05) is 0 Å². The molecule has 2 aliphatic heterocycles. The van der Waals surface area contributed by atoms with Crippen LogP contribution >= 0.6 is 11.3 Å². The summed E-state index contributed by atoms with van der Waals surface area (Å²) in [5.41, 5.74) is 5.29. The fraction of sp³-hybridized carbons (Fsp3) is 0.714. The van der Waals surface area contributed by atoms with Gasteiger partial charge < -0.3 is 16.0 Å². The number of nitrogens with one attached hydrogen (secondary N) is 1. The molecule has 0 spiro atoms. The Morgan fingerprint density at radius 2 is 1.77 bits per heavy atom. The number of hydrogen-bond donors (Lipinski definition) is 2. The maximum atomic E-state index is 12.5. The van der Waals surface area contributed by atoms with Crippen LogP contribution in [0.5, 0.6) is 0 Å². The Morgan fingerprint density at radius 3 is 2.23 bits per heavy atom. The van der Waals surface area contributed by atoms with Crippen molar-refractivity contribution in [3.63, 3.8) is 0 Å². The predicted octanol–water partition coefficient (Wildman–Crippen LogP) is 4.76. The van der Waals surface area contributed by atoms with Gasteiger partial charge in [-0.2, -0.15) is 13.2 Å². The number of alkyl halides is 3. The fourth-order valence-corrected chi connectivity index (χ4v) is 4.25. The van der Waals surface area contributed by atoms with E-state index in [4.69, 9.17) is 5.73 Å². The lowest BCUT2D eigenvalue weighted by Gasteiger charge is -2.24. The summed E-state index contributed by atoms with van der Waals surface area (Å²) in [5.74, 6) is 1.57. The minimum atomic E-state index is -4.18. The van der Waals surface area contributed by atoms with E-state index in [2.05, 4.69) is 34.0 Å². The maximum Gasteiger partial charge on any atom is 0.393 e. The van der Waals surface area contributed by atoms with E-state index >= 15 is 0 Å². The number of fused-ring (bicyclic) bond motifs is 1. The van der Waals surface area contributed by atoms with Gasteiger partial charge in [0.2, 0.25) is 0 Å². The topological polar surface area (TPSA) is 67.1 Å². The fourth-order valence-electron chi connectivity index (χ4n) is 3.23. The summed E-state index contributed by atoms with van der Waals surface area (Å²) in [6, 6.07) is 1.60. The molecule has 5 nitrogen and oxygen atoms in total. The molecular weight excluding hydrogens is 411 g/mol. The number of nitrogens with zero attached hydrogens (tertiary/aromatic N) is 3. The van der Waals surface area contributed by atoms with Crippen LogP contribution in [0.1, 0.15) is 50.8 Å². The molecule has 4 heterocycles. The number of nitrogens with two attached hydrogens (primary N) is 1. The van der Waals surface area contributed by atoms with Gasteiger partial charge in [0, 0.05) is 31.1 Å². The summed E-state index contributed by atoms with van der Waals surface area (Å²) in [4.78, 5) is 11.6. The summed E-state index contributed by atoms with van der Waals surface area (Å²) in [6.07, 6.45) is 2.23. The molecule has 0 aliphatic carbocycles. The van der Waals surface area contributed by atoms with Crippen molar-refractivity contribution in [1.82, 2.24) is 15.3 Å². The van der Waals surface area contributed by atoms with Crippen molar-refractivity contribution in [2.45, 2.75) is 58.5 Å². The largest absolute Gasteiger partial charge is 0.393 e. The zero-order valence-electron chi connectivity index (χ0n) is 18.0. The number of aromatic nitrogens is 2. The summed E-state index contributed by atoms with van der Waals surface area (Å²) < 4.78 is 37.6. The Hall–Kier alpha value is -1.45. The zero-order valence-corrected chi connectivity index (χ0v) is 18.8. The normalized spacial score (nSPS) is 17.3. The standard InChI is InChI=1S/C14H16F3N3S.C4H10N2.C3H8/c15-14(16,17)8-10-7-11-12(18-9-19-13(11)21-10)20-5-3-1-2-4-6-20;5-1-4-2-6-3-4;1-3-2/h7,9H,1-6,8H2;4,6H,1-3,5H2;3H2,1-2H3. The van der Waals surface area contributed by atoms with Gasteiger partial charge in [-0.15, -0.1) is 11.3 Å². The number of thiophene rings is 1. The first-order valence-corrected chi connectivity index (χ1v) is 11.7. The van der Waals surface area contributed by atoms with Crippen LogP contribution in [0.25, 0.3) is 10.2 Å². The summed E-state index contributed by atoms with van der Waals surface area (Å²) >= 11 is 1.11. The second-order valence-electron chi connectivity index (χ2n) is 7.79. The number of anilines is 1. The Morgan fingerprint density at radius 1 is 1.13 bits per heavy atom. The lowest BCUT2D eigenvalue weighted by atomic mass is 10.1. The van der Waals surface area contributed by atoms with E-state index in [1.54, 1.807) is 6.07 Å². The highest BCUT2D eigenvalue weighted by atomic mass is 32.1. The predicted molar refractivity (Wildman–Crippen MR) is 119 cm³/mol. The third kappa shape index (κ3) is 8.00. The molecule has 0 atom stereocenters. The lowest BCUT2D eigenvalue weighted by molar-refractivity contribution is -0.126. The number of halogens is 3. The van der Waals surface area contributed by atoms with Crippen molar-refractivity contribution in [3.05, 3.63) is 17.3 Å². The van der Waals surface area contributed by atoms with Gasteiger partial charge >= 0.3 is 6.18 Å². The number of rotatable bonds is 3. The Balaban J connectivity index is 0.000000298. The van der Waals surface area contributed by atoms with E-state index in [1.165, 1.54) is 25.6 Å². The zero-order chi connectivity index (χ0) is 22.0. The van der Waals surface area contributed by atoms with Gasteiger partial charge in [-0.1, -0.05) is 33.1 Å². The van der Waals surface area contributed by atoms with Crippen molar-refractivity contribution < 1.29 is 13.2 Å². The minimum absolute atomic E-state index is 0.300. The summed E-state index contributed by atoms with van der Waals surface area (Å²) in [7, 11) is 0. The van der Waals surface area contributed by atoms with Crippen LogP contribution in [-0.4, -0.2) is 48.9 Å². The molecule has 0 aromatic carbocycles. The van der Waals surface area contributed by atoms with Crippen molar-refractivity contribution in [2.75, 3.05) is 37.6 Å². The lowest BCUT2D eigenvalue weighted by Crippen LogP contribution is -2.45. The molecule has 2 aliphatic rings. The van der Waals surface area contributed by atoms with Gasteiger partial charge in [0.15, 0.2) is 0 Å². The molecule has 30 heavy (non-hydrogen) atoms. The highest BCUT2D eigenvalue weighted by Crippen LogP contribution is 2.34. The third-order valence-corrected chi connectivity index (χ3v) is 5.88. The Kier molecular flexibility index (Phi) is 10.3. The van der Waals surface area contributed by atoms with Crippen molar-refractivity contribution in [1.29, 1.82) is 0 Å². The van der Waals surface area contributed by atoms with Crippen LogP contribution < -0.4 is 16.0 Å². The monoisotopic (exact) mass is 445 g/mol. The molecule has 0 bridgehead atoms. The highest BCUT2D eigenvalue weighted by Gasteiger charge is 2.29. The first-order chi connectivity index (χ1) is 14.4. The van der Waals surface area contributed by atoms with Crippen LogP contribution in [0.15, 0.2) is 12.4 Å². The van der Waals surface area contributed by atoms with Crippen LogP contribution in [0.3, 0.4) is 0 Å². The first-order valence-electron chi connectivity index (χ1n) is 10.8. The van der Waals surface area contributed by atoms with Crippen LogP contribution in [0, 0.1) is 5.92 Å². The molecular formula is C21H34F3N5S. The molecule has 170 valence electrons. The summed E-state index contributed by atoms with van der Waals surface area (Å²) in [5, 5.41) is 3.89. The van der Waals surface area contributed by atoms with Crippen LogP contribution in [-0.2, 0) is 6.42 Å². The molecule has 2 aromatic rings. The Labute approximate surface area is 181 Å². The van der Waals surface area contributed by atoms with Gasteiger partial charge in [0.05, 0.1) is 11.8 Å². The second kappa shape index (κ2) is 12.4. The van der Waals surface area contributed by atoms with E-state index in [0.717, 1.165) is 74.0 Å². The van der Waals surface area contributed by atoms with Crippen LogP contribution in [0.4, 0.5) is 19.0 Å². The molecule has 2 fully saturated rings. The van der Waals surface area contributed by atoms with Gasteiger partial charge in [-0.05, 0) is 31.4 Å². The quantitative estimate of drug-likeness (QED) is 0.713. The van der Waals surface area contributed by atoms with Crippen molar-refractivity contribution in [2.24, 2.45) is 11.7 Å².